The van der Waals surface area contributed by atoms with Gasteiger partial charge in [0.1, 0.15) is 0 Å². The quantitative estimate of drug-likeness (QED) is 0.518. The summed E-state index contributed by atoms with van der Waals surface area (Å²) in [6.45, 7) is 0. The Labute approximate surface area is 133 Å². The first-order chi connectivity index (χ1) is 9.81. The Hall–Kier alpha value is -1.50. The molecule has 3 nitrogen and oxygen atoms in total. The van der Waals surface area contributed by atoms with Gasteiger partial charge in [0.05, 0.1) is 16.8 Å². The van der Waals surface area contributed by atoms with Crippen LogP contribution in [-0.2, 0) is 0 Å². The maximum Gasteiger partial charge on any atom is 0.203 e. The van der Waals surface area contributed by atoms with E-state index in [2.05, 4.69) is 37.5 Å². The van der Waals surface area contributed by atoms with Crippen LogP contribution in [0.25, 0.3) is 10.6 Å². The van der Waals surface area contributed by atoms with Crippen LogP contribution >= 0.6 is 38.6 Å². The summed E-state index contributed by atoms with van der Waals surface area (Å²) < 4.78 is 1.06. The van der Waals surface area contributed by atoms with Gasteiger partial charge in [0.25, 0.3) is 0 Å². The molecule has 2 heterocycles. The first kappa shape index (κ1) is 13.5. The van der Waals surface area contributed by atoms with Crippen LogP contribution in [0.4, 0.5) is 5.13 Å². The molecule has 0 aliphatic carbocycles. The van der Waals surface area contributed by atoms with Gasteiger partial charge in [0.2, 0.25) is 5.13 Å². The molecule has 0 amide bonds. The number of benzene rings is 1. The minimum absolute atomic E-state index is 0.793. The van der Waals surface area contributed by atoms with E-state index in [1.807, 2.05) is 41.1 Å². The second-order valence-corrected chi connectivity index (χ2v) is 6.66. The van der Waals surface area contributed by atoms with Crippen LogP contribution in [0.15, 0.2) is 56.7 Å². The van der Waals surface area contributed by atoms with Crippen LogP contribution in [-0.4, -0.2) is 11.2 Å². The number of thiophene rings is 1. The fraction of sp³-hybridized carbons (Fsp3) is 0. The summed E-state index contributed by atoms with van der Waals surface area (Å²) in [5.74, 6) is 0. The number of nitrogens with one attached hydrogen (secondary N) is 1. The standard InChI is InChI=1S/C14H10BrN3S2/c15-11-5-3-10(4-6-11)8-16-18-14-17-12(9-20-14)13-2-1-7-19-13/h1-9H,(H,17,18)/b16-8-. The molecule has 3 aromatic rings. The van der Waals surface area contributed by atoms with Gasteiger partial charge in [0.15, 0.2) is 0 Å². The molecule has 2 aromatic heterocycles. The van der Waals surface area contributed by atoms with Crippen molar-refractivity contribution in [2.75, 3.05) is 5.43 Å². The van der Waals surface area contributed by atoms with Gasteiger partial charge < -0.3 is 0 Å². The third-order valence-electron chi connectivity index (χ3n) is 2.52. The highest BCUT2D eigenvalue weighted by Crippen LogP contribution is 2.28. The lowest BCUT2D eigenvalue weighted by atomic mass is 10.2. The van der Waals surface area contributed by atoms with Crippen LogP contribution in [0, 0.1) is 0 Å². The fourth-order valence-corrected chi connectivity index (χ4v) is 3.26. The molecule has 0 aliphatic rings. The van der Waals surface area contributed by atoms with Crippen LogP contribution in [0.5, 0.6) is 0 Å². The van der Waals surface area contributed by atoms with Crippen molar-refractivity contribution in [3.05, 3.63) is 57.2 Å². The summed E-state index contributed by atoms with van der Waals surface area (Å²) in [6, 6.07) is 12.1. The number of hydrogen-bond acceptors (Lipinski definition) is 5. The van der Waals surface area contributed by atoms with E-state index in [0.717, 1.165) is 20.9 Å². The summed E-state index contributed by atoms with van der Waals surface area (Å²) in [7, 11) is 0. The maximum absolute atomic E-state index is 4.49. The molecule has 0 saturated carbocycles. The Morgan fingerprint density at radius 1 is 1.15 bits per heavy atom. The third kappa shape index (κ3) is 3.33. The van der Waals surface area contributed by atoms with Crippen LogP contribution in [0.1, 0.15) is 5.56 Å². The lowest BCUT2D eigenvalue weighted by molar-refractivity contribution is 1.29. The van der Waals surface area contributed by atoms with Crippen molar-refractivity contribution in [1.29, 1.82) is 0 Å². The predicted molar refractivity (Wildman–Crippen MR) is 90.8 cm³/mol. The topological polar surface area (TPSA) is 37.3 Å². The molecule has 1 aromatic carbocycles. The van der Waals surface area contributed by atoms with Crippen molar-refractivity contribution in [2.45, 2.75) is 0 Å². The van der Waals surface area contributed by atoms with E-state index in [-0.39, 0.29) is 0 Å². The van der Waals surface area contributed by atoms with Gasteiger partial charge >= 0.3 is 0 Å². The summed E-state index contributed by atoms with van der Waals surface area (Å²) in [6.07, 6.45) is 1.78. The smallest absolute Gasteiger partial charge is 0.203 e. The summed E-state index contributed by atoms with van der Waals surface area (Å²) in [5.41, 5.74) is 4.99. The molecule has 0 fully saturated rings. The predicted octanol–water partition coefficient (Wildman–Crippen LogP) is 5.08. The normalized spacial score (nSPS) is 11.1. The van der Waals surface area contributed by atoms with Gasteiger partial charge in [-0.1, -0.05) is 34.1 Å². The largest absolute Gasteiger partial charge is 0.253 e. The van der Waals surface area contributed by atoms with Crippen molar-refractivity contribution < 1.29 is 0 Å². The zero-order valence-corrected chi connectivity index (χ0v) is 13.5. The van der Waals surface area contributed by atoms with Crippen molar-refractivity contribution in [3.63, 3.8) is 0 Å². The monoisotopic (exact) mass is 363 g/mol. The van der Waals surface area contributed by atoms with E-state index in [1.54, 1.807) is 28.9 Å². The molecule has 0 unspecified atom stereocenters. The van der Waals surface area contributed by atoms with Gasteiger partial charge in [-0.05, 0) is 29.1 Å². The lowest BCUT2D eigenvalue weighted by Gasteiger charge is -1.95. The first-order valence-corrected chi connectivity index (χ1v) is 8.40. The minimum atomic E-state index is 0.793. The Balaban J connectivity index is 1.65. The average Bonchev–Trinajstić information content (AvgIpc) is 3.11. The lowest BCUT2D eigenvalue weighted by Crippen LogP contribution is -1.89. The molecule has 0 spiro atoms. The fourth-order valence-electron chi connectivity index (χ4n) is 1.57. The molecule has 3 rings (SSSR count). The Kier molecular flexibility index (Phi) is 4.25. The first-order valence-electron chi connectivity index (χ1n) is 5.85. The Bertz CT molecular complexity index is 702. The molecule has 0 bridgehead atoms. The van der Waals surface area contributed by atoms with Crippen molar-refractivity contribution in [2.24, 2.45) is 5.10 Å². The molecule has 0 radical (unpaired) electrons. The van der Waals surface area contributed by atoms with Gasteiger partial charge in [-0.3, -0.25) is 5.43 Å². The Morgan fingerprint density at radius 3 is 2.75 bits per heavy atom. The average molecular weight is 364 g/mol. The molecule has 20 heavy (non-hydrogen) atoms. The number of halogens is 1. The van der Waals surface area contributed by atoms with E-state index < -0.39 is 0 Å². The molecular weight excluding hydrogens is 354 g/mol. The highest BCUT2D eigenvalue weighted by Gasteiger charge is 2.03. The number of thiazole rings is 1. The molecule has 1 N–H and O–H groups in total. The van der Waals surface area contributed by atoms with Crippen molar-refractivity contribution in [3.8, 4) is 10.6 Å². The van der Waals surface area contributed by atoms with E-state index in [1.165, 1.54) is 4.88 Å². The van der Waals surface area contributed by atoms with Crippen LogP contribution in [0.2, 0.25) is 0 Å². The van der Waals surface area contributed by atoms with Crippen LogP contribution in [0.3, 0.4) is 0 Å². The van der Waals surface area contributed by atoms with Gasteiger partial charge in [-0.25, -0.2) is 4.98 Å². The summed E-state index contributed by atoms with van der Waals surface area (Å²) >= 11 is 6.64. The molecule has 0 saturated heterocycles. The van der Waals surface area contributed by atoms with E-state index in [9.17, 15) is 0 Å². The second-order valence-electron chi connectivity index (χ2n) is 3.94. The number of anilines is 1. The number of nitrogens with zero attached hydrogens (tertiary/aromatic N) is 2. The van der Waals surface area contributed by atoms with E-state index in [4.69, 9.17) is 0 Å². The van der Waals surface area contributed by atoms with Gasteiger partial charge in [-0.2, -0.15) is 5.10 Å². The number of rotatable bonds is 4. The zero-order chi connectivity index (χ0) is 13.8. The van der Waals surface area contributed by atoms with Gasteiger partial charge in [0, 0.05) is 9.85 Å². The molecule has 0 aliphatic heterocycles. The number of hydrogen-bond donors (Lipinski definition) is 1. The minimum Gasteiger partial charge on any atom is -0.253 e. The number of aromatic nitrogens is 1. The van der Waals surface area contributed by atoms with Crippen molar-refractivity contribution >= 4 is 49.9 Å². The van der Waals surface area contributed by atoms with Gasteiger partial charge in [-0.15, -0.1) is 22.7 Å². The second kappa shape index (κ2) is 6.30. The van der Waals surface area contributed by atoms with E-state index >= 15 is 0 Å². The summed E-state index contributed by atoms with van der Waals surface area (Å²) in [5, 5.41) is 9.07. The highest BCUT2D eigenvalue weighted by atomic mass is 79.9. The summed E-state index contributed by atoms with van der Waals surface area (Å²) in [4.78, 5) is 5.67. The molecular formula is C14H10BrN3S2. The Morgan fingerprint density at radius 2 is 2.00 bits per heavy atom. The zero-order valence-electron chi connectivity index (χ0n) is 10.3. The SMILES string of the molecule is Brc1ccc(/C=N\Nc2nc(-c3cccs3)cs2)cc1. The maximum atomic E-state index is 4.49. The molecule has 100 valence electrons. The highest BCUT2D eigenvalue weighted by molar-refractivity contribution is 9.10. The molecule has 0 atom stereocenters. The molecule has 6 heteroatoms. The number of hydrazone groups is 1. The van der Waals surface area contributed by atoms with Crippen LogP contribution < -0.4 is 5.43 Å². The third-order valence-corrected chi connectivity index (χ3v) is 4.69. The van der Waals surface area contributed by atoms with Crippen molar-refractivity contribution in [1.82, 2.24) is 4.98 Å². The van der Waals surface area contributed by atoms with E-state index in [0.29, 0.717) is 0 Å².